The lowest BCUT2D eigenvalue weighted by atomic mass is 10.1. The van der Waals surface area contributed by atoms with E-state index in [0.717, 1.165) is 18.1 Å². The minimum Gasteiger partial charge on any atom is -0.364 e. The van der Waals surface area contributed by atoms with E-state index in [4.69, 9.17) is 0 Å². The maximum atomic E-state index is 4.66. The SMILES string of the molecule is c1ccc(C2CNc3nonc3CN2)cc1. The van der Waals surface area contributed by atoms with Crippen LogP contribution >= 0.6 is 0 Å². The number of fused-ring (bicyclic) bond motifs is 1. The van der Waals surface area contributed by atoms with Gasteiger partial charge in [0.25, 0.3) is 0 Å². The summed E-state index contributed by atoms with van der Waals surface area (Å²) in [5.74, 6) is 0.742. The molecule has 16 heavy (non-hydrogen) atoms. The molecule has 1 atom stereocenters. The van der Waals surface area contributed by atoms with Crippen LogP contribution in [0.1, 0.15) is 17.3 Å². The van der Waals surface area contributed by atoms with Gasteiger partial charge in [0, 0.05) is 19.1 Å². The number of anilines is 1. The summed E-state index contributed by atoms with van der Waals surface area (Å²) in [4.78, 5) is 0. The summed E-state index contributed by atoms with van der Waals surface area (Å²) in [6.45, 7) is 1.45. The molecule has 2 aromatic rings. The van der Waals surface area contributed by atoms with Crippen molar-refractivity contribution < 1.29 is 4.63 Å². The number of rotatable bonds is 1. The Kier molecular flexibility index (Phi) is 2.30. The molecule has 0 radical (unpaired) electrons. The smallest absolute Gasteiger partial charge is 0.195 e. The van der Waals surface area contributed by atoms with Gasteiger partial charge in [-0.15, -0.1) is 0 Å². The van der Waals surface area contributed by atoms with Crippen LogP contribution in [0.4, 0.5) is 5.82 Å². The first-order valence-electron chi connectivity index (χ1n) is 5.27. The van der Waals surface area contributed by atoms with E-state index >= 15 is 0 Å². The van der Waals surface area contributed by atoms with Crippen molar-refractivity contribution in [1.29, 1.82) is 0 Å². The minimum absolute atomic E-state index is 0.275. The van der Waals surface area contributed by atoms with Crippen LogP contribution in [-0.2, 0) is 6.54 Å². The van der Waals surface area contributed by atoms with Crippen LogP contribution in [-0.4, -0.2) is 16.9 Å². The fourth-order valence-electron chi connectivity index (χ4n) is 1.87. The van der Waals surface area contributed by atoms with E-state index < -0.39 is 0 Å². The summed E-state index contributed by atoms with van der Waals surface area (Å²) in [6, 6.07) is 10.6. The van der Waals surface area contributed by atoms with Crippen LogP contribution < -0.4 is 10.6 Å². The highest BCUT2D eigenvalue weighted by atomic mass is 16.6. The lowest BCUT2D eigenvalue weighted by Crippen LogP contribution is -2.24. The Balaban J connectivity index is 1.80. The van der Waals surface area contributed by atoms with Crippen molar-refractivity contribution in [2.24, 2.45) is 0 Å². The molecule has 1 aliphatic heterocycles. The van der Waals surface area contributed by atoms with E-state index in [0.29, 0.717) is 6.54 Å². The van der Waals surface area contributed by atoms with Crippen molar-refractivity contribution in [3.05, 3.63) is 41.6 Å². The molecule has 0 saturated heterocycles. The molecular formula is C11H12N4O. The van der Waals surface area contributed by atoms with Gasteiger partial charge in [-0.3, -0.25) is 0 Å². The third kappa shape index (κ3) is 1.65. The molecule has 2 N–H and O–H groups in total. The van der Waals surface area contributed by atoms with E-state index in [9.17, 15) is 0 Å². The predicted molar refractivity (Wildman–Crippen MR) is 58.8 cm³/mol. The Morgan fingerprint density at radius 2 is 2.06 bits per heavy atom. The van der Waals surface area contributed by atoms with Crippen LogP contribution in [0.3, 0.4) is 0 Å². The molecule has 1 unspecified atom stereocenters. The molecule has 82 valence electrons. The zero-order valence-corrected chi connectivity index (χ0v) is 8.68. The van der Waals surface area contributed by atoms with Crippen molar-refractivity contribution in [3.63, 3.8) is 0 Å². The van der Waals surface area contributed by atoms with Crippen LogP contribution in [0.5, 0.6) is 0 Å². The van der Waals surface area contributed by atoms with Crippen LogP contribution in [0.25, 0.3) is 0 Å². The second-order valence-electron chi connectivity index (χ2n) is 3.78. The molecule has 5 nitrogen and oxygen atoms in total. The van der Waals surface area contributed by atoms with Crippen molar-refractivity contribution in [2.45, 2.75) is 12.6 Å². The lowest BCUT2D eigenvalue weighted by Gasteiger charge is -2.15. The molecule has 0 aliphatic carbocycles. The second-order valence-corrected chi connectivity index (χ2v) is 3.78. The van der Waals surface area contributed by atoms with Crippen molar-refractivity contribution in [1.82, 2.24) is 15.6 Å². The van der Waals surface area contributed by atoms with Crippen molar-refractivity contribution in [2.75, 3.05) is 11.9 Å². The van der Waals surface area contributed by atoms with Crippen LogP contribution in [0.2, 0.25) is 0 Å². The molecule has 0 saturated carbocycles. The van der Waals surface area contributed by atoms with Crippen molar-refractivity contribution >= 4 is 5.82 Å². The standard InChI is InChI=1S/C11H12N4O/c1-2-4-8(5-3-1)9-6-13-11-10(7-12-9)14-16-15-11/h1-5,9,12H,6-7H2,(H,13,15). The van der Waals surface area contributed by atoms with E-state index in [-0.39, 0.29) is 6.04 Å². The predicted octanol–water partition coefficient (Wildman–Crippen LogP) is 1.33. The Bertz CT molecular complexity index is 445. The van der Waals surface area contributed by atoms with E-state index in [1.807, 2.05) is 18.2 Å². The topological polar surface area (TPSA) is 63.0 Å². The third-order valence-electron chi connectivity index (χ3n) is 2.75. The molecule has 2 heterocycles. The Labute approximate surface area is 92.8 Å². The quantitative estimate of drug-likeness (QED) is 0.752. The summed E-state index contributed by atoms with van der Waals surface area (Å²) in [5, 5.41) is 14.3. The molecule has 1 aliphatic rings. The Morgan fingerprint density at radius 1 is 1.19 bits per heavy atom. The number of hydrogen-bond donors (Lipinski definition) is 2. The average molecular weight is 216 g/mol. The first kappa shape index (κ1) is 9.35. The number of aromatic nitrogens is 2. The molecule has 0 spiro atoms. The Hall–Kier alpha value is -1.88. The Morgan fingerprint density at radius 3 is 2.94 bits per heavy atom. The van der Waals surface area contributed by atoms with Gasteiger partial charge >= 0.3 is 0 Å². The van der Waals surface area contributed by atoms with Gasteiger partial charge in [0.05, 0.1) is 0 Å². The number of benzene rings is 1. The monoisotopic (exact) mass is 216 g/mol. The summed E-state index contributed by atoms with van der Waals surface area (Å²) in [6.07, 6.45) is 0. The molecule has 3 rings (SSSR count). The molecule has 0 amide bonds. The van der Waals surface area contributed by atoms with E-state index in [1.165, 1.54) is 5.56 Å². The van der Waals surface area contributed by atoms with Gasteiger partial charge in [-0.2, -0.15) is 0 Å². The zero-order chi connectivity index (χ0) is 10.8. The highest BCUT2D eigenvalue weighted by Gasteiger charge is 2.19. The first-order chi connectivity index (χ1) is 7.93. The van der Waals surface area contributed by atoms with Gasteiger partial charge in [-0.25, -0.2) is 4.63 Å². The summed E-state index contributed by atoms with van der Waals surface area (Å²) in [5.41, 5.74) is 2.09. The molecule has 1 aromatic carbocycles. The van der Waals surface area contributed by atoms with Gasteiger partial charge in [0.1, 0.15) is 5.69 Å². The van der Waals surface area contributed by atoms with Gasteiger partial charge in [0.15, 0.2) is 5.82 Å². The first-order valence-corrected chi connectivity index (χ1v) is 5.27. The highest BCUT2D eigenvalue weighted by molar-refractivity contribution is 5.40. The highest BCUT2D eigenvalue weighted by Crippen LogP contribution is 2.19. The average Bonchev–Trinajstić information content (AvgIpc) is 2.70. The van der Waals surface area contributed by atoms with Gasteiger partial charge in [-0.1, -0.05) is 35.5 Å². The van der Waals surface area contributed by atoms with Crippen LogP contribution in [0, 0.1) is 0 Å². The normalized spacial score (nSPS) is 19.6. The van der Waals surface area contributed by atoms with Gasteiger partial charge in [-0.05, 0) is 10.7 Å². The van der Waals surface area contributed by atoms with Gasteiger partial charge in [0.2, 0.25) is 0 Å². The summed E-state index contributed by atoms with van der Waals surface area (Å²) >= 11 is 0. The minimum atomic E-state index is 0.275. The number of nitrogens with one attached hydrogen (secondary N) is 2. The maximum Gasteiger partial charge on any atom is 0.195 e. The maximum absolute atomic E-state index is 4.66. The fourth-order valence-corrected chi connectivity index (χ4v) is 1.87. The molecule has 0 fully saturated rings. The largest absolute Gasteiger partial charge is 0.364 e. The number of nitrogens with zero attached hydrogens (tertiary/aromatic N) is 2. The van der Waals surface area contributed by atoms with Gasteiger partial charge < -0.3 is 10.6 Å². The van der Waals surface area contributed by atoms with Crippen molar-refractivity contribution in [3.8, 4) is 0 Å². The fraction of sp³-hybridized carbons (Fsp3) is 0.273. The molecule has 0 bridgehead atoms. The zero-order valence-electron chi connectivity index (χ0n) is 8.68. The molecule has 5 heteroatoms. The lowest BCUT2D eigenvalue weighted by molar-refractivity contribution is 0.301. The number of hydrogen-bond acceptors (Lipinski definition) is 5. The summed E-state index contributed by atoms with van der Waals surface area (Å²) < 4.78 is 4.66. The van der Waals surface area contributed by atoms with E-state index in [1.54, 1.807) is 0 Å². The second kappa shape index (κ2) is 3.94. The molecular weight excluding hydrogens is 204 g/mol. The summed E-state index contributed by atoms with van der Waals surface area (Å²) in [7, 11) is 0. The van der Waals surface area contributed by atoms with Crippen LogP contribution in [0.15, 0.2) is 35.0 Å². The molecule has 1 aromatic heterocycles. The third-order valence-corrected chi connectivity index (χ3v) is 2.75. The van der Waals surface area contributed by atoms with E-state index in [2.05, 4.69) is 37.7 Å².